The standard InChI is InChI=1S/C19H10ClNO3S/c20-13-8-4-7-11-15(13)17(23)18-12(16(11)22)9-14(25-18)19(24)21-10-5-2-1-3-6-10/h1-9H,(H,21,24). The molecule has 1 amide bonds. The van der Waals surface area contributed by atoms with E-state index in [-0.39, 0.29) is 44.1 Å². The molecule has 0 unspecified atom stereocenters. The molecule has 1 N–H and O–H groups in total. The monoisotopic (exact) mass is 367 g/mol. The molecule has 1 aliphatic carbocycles. The number of carbonyl (C=O) groups is 3. The van der Waals surface area contributed by atoms with Crippen LogP contribution in [0.2, 0.25) is 5.02 Å². The molecule has 4 rings (SSSR count). The maximum atomic E-state index is 12.7. The lowest BCUT2D eigenvalue weighted by atomic mass is 9.89. The minimum Gasteiger partial charge on any atom is -0.321 e. The van der Waals surface area contributed by atoms with Gasteiger partial charge in [0.05, 0.1) is 20.3 Å². The molecule has 1 aromatic heterocycles. The van der Waals surface area contributed by atoms with Crippen LogP contribution in [-0.2, 0) is 0 Å². The Balaban J connectivity index is 1.73. The molecule has 0 fully saturated rings. The highest BCUT2D eigenvalue weighted by Gasteiger charge is 2.34. The molecule has 0 saturated heterocycles. The van der Waals surface area contributed by atoms with Crippen molar-refractivity contribution in [2.24, 2.45) is 0 Å². The first kappa shape index (κ1) is 15.7. The highest BCUT2D eigenvalue weighted by atomic mass is 35.5. The van der Waals surface area contributed by atoms with Gasteiger partial charge in [-0.3, -0.25) is 14.4 Å². The van der Waals surface area contributed by atoms with Crippen LogP contribution in [0.3, 0.4) is 0 Å². The summed E-state index contributed by atoms with van der Waals surface area (Å²) < 4.78 is 0. The van der Waals surface area contributed by atoms with Crippen molar-refractivity contribution in [2.75, 3.05) is 5.32 Å². The Hall–Kier alpha value is -2.76. The number of nitrogens with one attached hydrogen (secondary N) is 1. The van der Waals surface area contributed by atoms with Crippen LogP contribution in [0.5, 0.6) is 0 Å². The van der Waals surface area contributed by atoms with Gasteiger partial charge in [0, 0.05) is 16.8 Å². The van der Waals surface area contributed by atoms with Gasteiger partial charge in [-0.2, -0.15) is 0 Å². The Morgan fingerprint density at radius 2 is 1.68 bits per heavy atom. The van der Waals surface area contributed by atoms with Crippen molar-refractivity contribution in [3.8, 4) is 0 Å². The van der Waals surface area contributed by atoms with Crippen molar-refractivity contribution < 1.29 is 14.4 Å². The van der Waals surface area contributed by atoms with E-state index in [0.717, 1.165) is 11.3 Å². The first-order valence-electron chi connectivity index (χ1n) is 7.44. The fourth-order valence-electron chi connectivity index (χ4n) is 2.76. The highest BCUT2D eigenvalue weighted by molar-refractivity contribution is 7.16. The second-order valence-corrected chi connectivity index (χ2v) is 6.95. The largest absolute Gasteiger partial charge is 0.321 e. The van der Waals surface area contributed by atoms with E-state index in [2.05, 4.69) is 5.32 Å². The number of hydrogen-bond donors (Lipinski definition) is 1. The first-order valence-corrected chi connectivity index (χ1v) is 8.64. The van der Waals surface area contributed by atoms with Crippen molar-refractivity contribution in [1.82, 2.24) is 0 Å². The predicted octanol–water partition coefficient (Wildman–Crippen LogP) is 4.43. The number of rotatable bonds is 2. The number of ketones is 2. The molecule has 0 bridgehead atoms. The van der Waals surface area contributed by atoms with Crippen molar-refractivity contribution in [3.05, 3.63) is 86.1 Å². The lowest BCUT2D eigenvalue weighted by Crippen LogP contribution is -2.18. The molecule has 3 aromatic rings. The number of hydrogen-bond acceptors (Lipinski definition) is 4. The van der Waals surface area contributed by atoms with E-state index in [9.17, 15) is 14.4 Å². The van der Waals surface area contributed by atoms with Crippen LogP contribution in [0.25, 0.3) is 0 Å². The smallest absolute Gasteiger partial charge is 0.265 e. The number of amides is 1. The fraction of sp³-hybridized carbons (Fsp3) is 0. The zero-order valence-corrected chi connectivity index (χ0v) is 14.3. The predicted molar refractivity (Wildman–Crippen MR) is 97.0 cm³/mol. The molecule has 0 saturated carbocycles. The van der Waals surface area contributed by atoms with Crippen LogP contribution < -0.4 is 5.32 Å². The topological polar surface area (TPSA) is 63.2 Å². The average Bonchev–Trinajstić information content (AvgIpc) is 3.06. The van der Waals surface area contributed by atoms with E-state index in [0.29, 0.717) is 10.6 Å². The fourth-order valence-corrected chi connectivity index (χ4v) is 4.01. The summed E-state index contributed by atoms with van der Waals surface area (Å²) in [5.74, 6) is -0.970. The number of thiophene rings is 1. The second kappa shape index (κ2) is 5.95. The Bertz CT molecular complexity index is 1040. The molecular formula is C19H10ClNO3S. The van der Waals surface area contributed by atoms with Gasteiger partial charge in [0.15, 0.2) is 5.78 Å². The van der Waals surface area contributed by atoms with Crippen LogP contribution in [0.15, 0.2) is 54.6 Å². The van der Waals surface area contributed by atoms with Crippen LogP contribution in [0.1, 0.15) is 40.8 Å². The summed E-state index contributed by atoms with van der Waals surface area (Å²) in [5, 5.41) is 2.99. The summed E-state index contributed by atoms with van der Waals surface area (Å²) in [6.45, 7) is 0. The van der Waals surface area contributed by atoms with Gasteiger partial charge in [-0.05, 0) is 24.3 Å². The van der Waals surface area contributed by atoms with Crippen LogP contribution in [0, 0.1) is 0 Å². The summed E-state index contributed by atoms with van der Waals surface area (Å²) in [6, 6.07) is 15.2. The number of para-hydroxylation sites is 1. The molecule has 0 atom stereocenters. The highest BCUT2D eigenvalue weighted by Crippen LogP contribution is 2.36. The molecule has 0 spiro atoms. The van der Waals surface area contributed by atoms with E-state index < -0.39 is 0 Å². The Kier molecular flexibility index (Phi) is 3.75. The van der Waals surface area contributed by atoms with E-state index in [4.69, 9.17) is 11.6 Å². The number of halogens is 1. The number of benzene rings is 2. The zero-order valence-electron chi connectivity index (χ0n) is 12.7. The third kappa shape index (κ3) is 2.58. The van der Waals surface area contributed by atoms with Gasteiger partial charge in [0.1, 0.15) is 0 Å². The lowest BCUT2D eigenvalue weighted by molar-refractivity contribution is 0.0982. The number of fused-ring (bicyclic) bond motifs is 2. The number of carbonyl (C=O) groups excluding carboxylic acids is 3. The quantitative estimate of drug-likeness (QED) is 0.570. The second-order valence-electron chi connectivity index (χ2n) is 5.49. The minimum absolute atomic E-state index is 0.207. The minimum atomic E-state index is -0.360. The molecule has 4 nitrogen and oxygen atoms in total. The third-order valence-electron chi connectivity index (χ3n) is 3.92. The van der Waals surface area contributed by atoms with E-state index >= 15 is 0 Å². The molecular weight excluding hydrogens is 358 g/mol. The van der Waals surface area contributed by atoms with Crippen LogP contribution in [0.4, 0.5) is 5.69 Å². The van der Waals surface area contributed by atoms with Gasteiger partial charge in [-0.1, -0.05) is 41.9 Å². The van der Waals surface area contributed by atoms with Gasteiger partial charge in [-0.15, -0.1) is 11.3 Å². The molecule has 1 heterocycles. The van der Waals surface area contributed by atoms with Crippen molar-refractivity contribution in [3.63, 3.8) is 0 Å². The molecule has 122 valence electrons. The van der Waals surface area contributed by atoms with Gasteiger partial charge in [0.2, 0.25) is 5.78 Å². The average molecular weight is 368 g/mol. The van der Waals surface area contributed by atoms with E-state index in [1.54, 1.807) is 42.5 Å². The third-order valence-corrected chi connectivity index (χ3v) is 5.37. The maximum Gasteiger partial charge on any atom is 0.265 e. The van der Waals surface area contributed by atoms with Crippen molar-refractivity contribution in [1.29, 1.82) is 0 Å². The molecule has 1 aliphatic rings. The van der Waals surface area contributed by atoms with Crippen LogP contribution in [-0.4, -0.2) is 17.5 Å². The molecule has 2 aromatic carbocycles. The number of anilines is 1. The van der Waals surface area contributed by atoms with E-state index in [1.807, 2.05) is 6.07 Å². The SMILES string of the molecule is O=C(Nc1ccccc1)c1cc2c(s1)C(=O)c1c(Cl)cccc1C2=O. The summed E-state index contributed by atoms with van der Waals surface area (Å²) in [5.41, 5.74) is 1.38. The molecule has 0 aliphatic heterocycles. The Labute approximate surface area is 152 Å². The maximum absolute atomic E-state index is 12.7. The Morgan fingerprint density at radius 3 is 2.44 bits per heavy atom. The summed E-state index contributed by atoms with van der Waals surface area (Å²) in [4.78, 5) is 38.4. The molecule has 6 heteroatoms. The van der Waals surface area contributed by atoms with Crippen molar-refractivity contribution >= 4 is 46.1 Å². The molecule has 0 radical (unpaired) electrons. The first-order chi connectivity index (χ1) is 12.1. The zero-order chi connectivity index (χ0) is 17.6. The summed E-state index contributed by atoms with van der Waals surface area (Å²) in [7, 11) is 0. The summed E-state index contributed by atoms with van der Waals surface area (Å²) >= 11 is 7.10. The van der Waals surface area contributed by atoms with Gasteiger partial charge < -0.3 is 5.32 Å². The van der Waals surface area contributed by atoms with Crippen LogP contribution >= 0.6 is 22.9 Å². The Morgan fingerprint density at radius 1 is 0.920 bits per heavy atom. The van der Waals surface area contributed by atoms with Gasteiger partial charge in [0.25, 0.3) is 5.91 Å². The van der Waals surface area contributed by atoms with Crippen molar-refractivity contribution in [2.45, 2.75) is 0 Å². The van der Waals surface area contributed by atoms with Gasteiger partial charge in [-0.25, -0.2) is 0 Å². The van der Waals surface area contributed by atoms with Gasteiger partial charge >= 0.3 is 0 Å². The molecule has 25 heavy (non-hydrogen) atoms. The lowest BCUT2D eigenvalue weighted by Gasteiger charge is -2.14. The van der Waals surface area contributed by atoms with E-state index in [1.165, 1.54) is 6.07 Å². The summed E-state index contributed by atoms with van der Waals surface area (Å²) in [6.07, 6.45) is 0. The normalized spacial score (nSPS) is 12.5.